The van der Waals surface area contributed by atoms with Gasteiger partial charge in [0.05, 0.1) is 5.41 Å². The zero-order valence-corrected chi connectivity index (χ0v) is 26.3. The van der Waals surface area contributed by atoms with E-state index in [0.717, 1.165) is 34.6 Å². The van der Waals surface area contributed by atoms with Crippen molar-refractivity contribution in [2.24, 2.45) is 0 Å². The SMILES string of the molecule is OB(O)c1ccc(N(C2=CCC=C3C(=C2)C2(c4ccccc43)c3ccccc3-c3ccccc32)c2cccc(-c3ccccc3)c2)cc1. The normalized spacial score (nSPS) is 14.9. The predicted molar refractivity (Wildman–Crippen MR) is 197 cm³/mol. The molecule has 0 saturated heterocycles. The summed E-state index contributed by atoms with van der Waals surface area (Å²) in [6.07, 6.45) is 7.87. The lowest BCUT2D eigenvalue weighted by Gasteiger charge is -2.32. The monoisotopic (exact) mass is 617 g/mol. The second-order valence-corrected chi connectivity index (χ2v) is 12.6. The molecular formula is C44H32BNO2. The summed E-state index contributed by atoms with van der Waals surface area (Å²) in [5.41, 5.74) is 15.7. The average Bonchev–Trinajstić information content (AvgIpc) is 3.47. The zero-order chi connectivity index (χ0) is 32.2. The van der Waals surface area contributed by atoms with E-state index >= 15 is 0 Å². The predicted octanol–water partition coefficient (Wildman–Crippen LogP) is 8.80. The van der Waals surface area contributed by atoms with Gasteiger partial charge in [-0.25, -0.2) is 0 Å². The van der Waals surface area contributed by atoms with Crippen LogP contribution in [0, 0.1) is 0 Å². The molecule has 0 atom stereocenters. The van der Waals surface area contributed by atoms with Crippen molar-refractivity contribution in [3.05, 3.63) is 203 Å². The standard InChI is InChI=1S/C44H32BNO2/c47-45(48)32-24-26-33(27-25-32)46(34-15-10-14-31(28-34)30-12-2-1-3-13-30)35-16-11-20-39-38-19-6-9-23-42(38)44(43(39)29-35)40-21-7-4-17-36(40)37-18-5-8-22-41(37)44/h1-10,12-29,47-48H,11H2. The van der Waals surface area contributed by atoms with Crippen molar-refractivity contribution in [1.29, 1.82) is 0 Å². The number of allylic oxidation sites excluding steroid dienone is 5. The summed E-state index contributed by atoms with van der Waals surface area (Å²) in [6, 6.07) is 53.3. The Hall–Kier alpha value is -5.68. The van der Waals surface area contributed by atoms with E-state index in [0.29, 0.717) is 5.46 Å². The van der Waals surface area contributed by atoms with Crippen LogP contribution in [0.25, 0.3) is 27.8 Å². The molecular weight excluding hydrogens is 585 g/mol. The van der Waals surface area contributed by atoms with Crippen molar-refractivity contribution < 1.29 is 10.0 Å². The lowest BCUT2D eigenvalue weighted by Crippen LogP contribution is -2.29. The molecule has 6 aromatic carbocycles. The van der Waals surface area contributed by atoms with Crippen molar-refractivity contribution in [3.63, 3.8) is 0 Å². The highest BCUT2D eigenvalue weighted by molar-refractivity contribution is 6.58. The van der Waals surface area contributed by atoms with Gasteiger partial charge in [-0.15, -0.1) is 0 Å². The van der Waals surface area contributed by atoms with Gasteiger partial charge in [0.15, 0.2) is 0 Å². The van der Waals surface area contributed by atoms with Gasteiger partial charge in [-0.2, -0.15) is 0 Å². The molecule has 3 nitrogen and oxygen atoms in total. The Labute approximate surface area is 281 Å². The van der Waals surface area contributed by atoms with Gasteiger partial charge in [0, 0.05) is 17.1 Å². The van der Waals surface area contributed by atoms with E-state index in [-0.39, 0.29) is 0 Å². The van der Waals surface area contributed by atoms with Gasteiger partial charge in [-0.05, 0) is 97.9 Å². The molecule has 0 fully saturated rings. The van der Waals surface area contributed by atoms with Gasteiger partial charge in [0.1, 0.15) is 0 Å². The number of anilines is 2. The molecule has 0 saturated carbocycles. The number of hydrogen-bond acceptors (Lipinski definition) is 3. The summed E-state index contributed by atoms with van der Waals surface area (Å²) in [6.45, 7) is 0. The largest absolute Gasteiger partial charge is 0.488 e. The second-order valence-electron chi connectivity index (χ2n) is 12.6. The number of rotatable bonds is 5. The molecule has 0 aromatic heterocycles. The molecule has 1 spiro atoms. The molecule has 3 aliphatic carbocycles. The van der Waals surface area contributed by atoms with Crippen molar-refractivity contribution in [1.82, 2.24) is 0 Å². The Balaban J connectivity index is 1.29. The van der Waals surface area contributed by atoms with Crippen molar-refractivity contribution in [3.8, 4) is 22.3 Å². The molecule has 0 bridgehead atoms. The van der Waals surface area contributed by atoms with Crippen LogP contribution in [0.2, 0.25) is 0 Å². The van der Waals surface area contributed by atoms with Crippen molar-refractivity contribution in [2.75, 3.05) is 4.90 Å². The van der Waals surface area contributed by atoms with Gasteiger partial charge in [-0.3, -0.25) is 0 Å². The summed E-state index contributed by atoms with van der Waals surface area (Å²) >= 11 is 0. The minimum Gasteiger partial charge on any atom is -0.423 e. The number of fused-ring (bicyclic) bond motifs is 10. The van der Waals surface area contributed by atoms with Crippen LogP contribution < -0.4 is 10.4 Å². The van der Waals surface area contributed by atoms with E-state index in [4.69, 9.17) is 0 Å². The van der Waals surface area contributed by atoms with Gasteiger partial charge >= 0.3 is 7.12 Å². The zero-order valence-electron chi connectivity index (χ0n) is 26.3. The van der Waals surface area contributed by atoms with Gasteiger partial charge in [-0.1, -0.05) is 140 Å². The third-order valence-corrected chi connectivity index (χ3v) is 10.1. The second kappa shape index (κ2) is 11.2. The van der Waals surface area contributed by atoms with Crippen LogP contribution in [0.4, 0.5) is 11.4 Å². The number of nitrogens with zero attached hydrogens (tertiary/aromatic N) is 1. The van der Waals surface area contributed by atoms with Gasteiger partial charge in [0.2, 0.25) is 0 Å². The highest BCUT2D eigenvalue weighted by Crippen LogP contribution is 2.64. The van der Waals surface area contributed by atoms with Crippen LogP contribution in [0.3, 0.4) is 0 Å². The smallest absolute Gasteiger partial charge is 0.423 e. The van der Waals surface area contributed by atoms with E-state index in [2.05, 4.69) is 144 Å². The number of benzene rings is 6. The first-order chi connectivity index (χ1) is 23.6. The Bertz CT molecular complexity index is 2250. The van der Waals surface area contributed by atoms with Crippen LogP contribution in [0.1, 0.15) is 28.7 Å². The fourth-order valence-corrected chi connectivity index (χ4v) is 8.12. The highest BCUT2D eigenvalue weighted by atomic mass is 16.4. The molecule has 9 rings (SSSR count). The maximum atomic E-state index is 9.90. The Kier molecular flexibility index (Phi) is 6.68. The lowest BCUT2D eigenvalue weighted by atomic mass is 9.70. The van der Waals surface area contributed by atoms with Crippen LogP contribution in [0.5, 0.6) is 0 Å². The molecule has 0 radical (unpaired) electrons. The van der Waals surface area contributed by atoms with E-state index in [1.54, 1.807) is 12.1 Å². The molecule has 2 N–H and O–H groups in total. The first-order valence-electron chi connectivity index (χ1n) is 16.5. The Morgan fingerprint density at radius 1 is 0.521 bits per heavy atom. The summed E-state index contributed by atoms with van der Waals surface area (Å²) in [7, 11) is -1.53. The molecule has 4 heteroatoms. The van der Waals surface area contributed by atoms with Crippen molar-refractivity contribution >= 4 is 29.5 Å². The Morgan fingerprint density at radius 3 is 1.77 bits per heavy atom. The quantitative estimate of drug-likeness (QED) is 0.190. The summed E-state index contributed by atoms with van der Waals surface area (Å²) in [5.74, 6) is 0. The number of hydrogen-bond donors (Lipinski definition) is 2. The maximum Gasteiger partial charge on any atom is 0.488 e. The van der Waals surface area contributed by atoms with Crippen LogP contribution >= 0.6 is 0 Å². The molecule has 48 heavy (non-hydrogen) atoms. The molecule has 3 aliphatic rings. The molecule has 0 amide bonds. The van der Waals surface area contributed by atoms with Crippen LogP contribution in [-0.2, 0) is 5.41 Å². The first-order valence-corrected chi connectivity index (χ1v) is 16.5. The van der Waals surface area contributed by atoms with Gasteiger partial charge in [0.25, 0.3) is 0 Å². The van der Waals surface area contributed by atoms with Gasteiger partial charge < -0.3 is 14.9 Å². The first kappa shape index (κ1) is 28.5. The van der Waals surface area contributed by atoms with E-state index in [9.17, 15) is 10.0 Å². The van der Waals surface area contributed by atoms with Crippen LogP contribution in [0.15, 0.2) is 181 Å². The van der Waals surface area contributed by atoms with Crippen LogP contribution in [-0.4, -0.2) is 17.2 Å². The van der Waals surface area contributed by atoms with E-state index < -0.39 is 12.5 Å². The summed E-state index contributed by atoms with van der Waals surface area (Å²) in [4.78, 5) is 2.30. The molecule has 0 aliphatic heterocycles. The lowest BCUT2D eigenvalue weighted by molar-refractivity contribution is 0.426. The minimum atomic E-state index is -1.53. The topological polar surface area (TPSA) is 43.7 Å². The maximum absolute atomic E-state index is 9.90. The third kappa shape index (κ3) is 4.24. The minimum absolute atomic E-state index is 0.457. The summed E-state index contributed by atoms with van der Waals surface area (Å²) in [5, 5.41) is 19.8. The molecule has 0 heterocycles. The average molecular weight is 618 g/mol. The third-order valence-electron chi connectivity index (χ3n) is 10.1. The molecule has 0 unspecified atom stereocenters. The van der Waals surface area contributed by atoms with Crippen molar-refractivity contribution in [2.45, 2.75) is 11.8 Å². The Morgan fingerprint density at radius 2 is 1.10 bits per heavy atom. The fourth-order valence-electron chi connectivity index (χ4n) is 8.12. The fraction of sp³-hybridized carbons (Fsp3) is 0.0455. The molecule has 6 aromatic rings. The molecule has 228 valence electrons. The van der Waals surface area contributed by atoms with E-state index in [1.165, 1.54) is 44.5 Å². The summed E-state index contributed by atoms with van der Waals surface area (Å²) < 4.78 is 0. The highest BCUT2D eigenvalue weighted by Gasteiger charge is 2.53. The van der Waals surface area contributed by atoms with E-state index in [1.807, 2.05) is 18.2 Å².